The summed E-state index contributed by atoms with van der Waals surface area (Å²) in [6.45, 7) is 8.51. The lowest BCUT2D eigenvalue weighted by molar-refractivity contribution is 0.0607. The van der Waals surface area contributed by atoms with Gasteiger partial charge in [0.1, 0.15) is 0 Å². The minimum absolute atomic E-state index is 0.710. The van der Waals surface area contributed by atoms with Crippen LogP contribution in [0.3, 0.4) is 0 Å². The van der Waals surface area contributed by atoms with Crippen molar-refractivity contribution in [1.29, 1.82) is 0 Å². The second kappa shape index (κ2) is 16.8. The molecule has 170 valence electrons. The Labute approximate surface area is 208 Å². The van der Waals surface area contributed by atoms with Crippen molar-refractivity contribution in [1.82, 2.24) is 4.98 Å². The Balaban J connectivity index is 1.64. The molecule has 30 heavy (non-hydrogen) atoms. The molecule has 0 saturated carbocycles. The van der Waals surface area contributed by atoms with Crippen molar-refractivity contribution in [2.75, 3.05) is 25.6 Å². The van der Waals surface area contributed by atoms with E-state index in [2.05, 4.69) is 44.0 Å². The van der Waals surface area contributed by atoms with Gasteiger partial charge in [-0.2, -0.15) is 0 Å². The lowest BCUT2D eigenvalue weighted by Gasteiger charge is -2.29. The van der Waals surface area contributed by atoms with Crippen molar-refractivity contribution in [3.05, 3.63) is 24.3 Å². The summed E-state index contributed by atoms with van der Waals surface area (Å²) in [4.78, 5) is 4.65. The summed E-state index contributed by atoms with van der Waals surface area (Å²) in [5.41, 5.74) is 1.08. The molecule has 0 radical (unpaired) electrons. The van der Waals surface area contributed by atoms with Gasteiger partial charge in [-0.05, 0) is 81.5 Å². The van der Waals surface area contributed by atoms with Crippen molar-refractivity contribution < 1.29 is 13.3 Å². The molecule has 0 N–H and O–H groups in total. The molecule has 0 bridgehead atoms. The molecule has 0 aliphatic carbocycles. The number of rotatable bonds is 18. The normalized spacial score (nSPS) is 12.1. The number of hydrogen-bond donors (Lipinski definition) is 0. The van der Waals surface area contributed by atoms with Crippen LogP contribution >= 0.6 is 72.2 Å². The average molecular weight is 560 g/mol. The standard InChI is InChI=1S/C18H29NO3S7Si/c1-4-11-20-30(21-12-5-2,22-13-6-3)15-14-23-26-28-29-27-25-18-19-16-9-7-8-10-17(16)24-18/h7-10H,4-6,11-15H2,1-3H3. The third kappa shape index (κ3) is 10.5. The van der Waals surface area contributed by atoms with Gasteiger partial charge in [0.25, 0.3) is 0 Å². The number of nitrogens with zero attached hydrogens (tertiary/aromatic N) is 1. The van der Waals surface area contributed by atoms with E-state index in [9.17, 15) is 0 Å². The van der Waals surface area contributed by atoms with Crippen LogP contribution in [0.4, 0.5) is 0 Å². The monoisotopic (exact) mass is 559 g/mol. The van der Waals surface area contributed by atoms with E-state index in [4.69, 9.17) is 13.3 Å². The lowest BCUT2D eigenvalue weighted by Crippen LogP contribution is -2.47. The maximum atomic E-state index is 6.15. The van der Waals surface area contributed by atoms with Crippen molar-refractivity contribution in [2.45, 2.75) is 50.4 Å². The van der Waals surface area contributed by atoms with Gasteiger partial charge in [0, 0.05) is 31.6 Å². The average Bonchev–Trinajstić information content (AvgIpc) is 3.19. The van der Waals surface area contributed by atoms with E-state index in [1.807, 2.05) is 16.9 Å². The summed E-state index contributed by atoms with van der Waals surface area (Å²) in [6, 6.07) is 9.15. The molecular weight excluding hydrogens is 531 g/mol. The van der Waals surface area contributed by atoms with Crippen LogP contribution in [0.5, 0.6) is 0 Å². The minimum Gasteiger partial charge on any atom is -0.373 e. The highest BCUT2D eigenvalue weighted by atomic mass is 33.9. The van der Waals surface area contributed by atoms with E-state index >= 15 is 0 Å². The fourth-order valence-corrected chi connectivity index (χ4v) is 18.8. The van der Waals surface area contributed by atoms with Crippen LogP contribution < -0.4 is 0 Å². The maximum absolute atomic E-state index is 6.15. The molecule has 4 nitrogen and oxygen atoms in total. The van der Waals surface area contributed by atoms with E-state index in [1.54, 1.807) is 61.4 Å². The molecule has 0 atom stereocenters. The van der Waals surface area contributed by atoms with Gasteiger partial charge >= 0.3 is 8.80 Å². The molecule has 0 aliphatic heterocycles. The molecule has 0 fully saturated rings. The summed E-state index contributed by atoms with van der Waals surface area (Å²) in [5.74, 6) is 0.970. The van der Waals surface area contributed by atoms with Gasteiger partial charge < -0.3 is 13.3 Å². The number of aromatic nitrogens is 1. The first kappa shape index (κ1) is 27.6. The lowest BCUT2D eigenvalue weighted by atomic mass is 10.3. The molecule has 0 unspecified atom stereocenters. The Kier molecular flexibility index (Phi) is 15.5. The highest BCUT2D eigenvalue weighted by Crippen LogP contribution is 2.54. The first-order valence-electron chi connectivity index (χ1n) is 9.96. The fourth-order valence-electron chi connectivity index (χ4n) is 2.29. The predicted octanol–water partition coefficient (Wildman–Crippen LogP) is 8.85. The zero-order valence-corrected chi connectivity index (χ0v) is 24.2. The molecule has 2 rings (SSSR count). The summed E-state index contributed by atoms with van der Waals surface area (Å²) in [6.07, 6.45) is 2.95. The topological polar surface area (TPSA) is 40.6 Å². The minimum atomic E-state index is -2.56. The number of para-hydroxylation sites is 1. The second-order valence-electron chi connectivity index (χ2n) is 6.10. The summed E-state index contributed by atoms with van der Waals surface area (Å²) in [7, 11) is 8.16. The van der Waals surface area contributed by atoms with E-state index < -0.39 is 8.80 Å². The first-order valence-corrected chi connectivity index (χ1v) is 20.4. The van der Waals surface area contributed by atoms with Crippen LogP contribution in [-0.4, -0.2) is 39.4 Å². The summed E-state index contributed by atoms with van der Waals surface area (Å²) < 4.78 is 20.8. The first-order chi connectivity index (χ1) is 14.7. The fraction of sp³-hybridized carbons (Fsp3) is 0.611. The molecular formula is C18H29NO3S7Si. The van der Waals surface area contributed by atoms with E-state index in [0.29, 0.717) is 19.8 Å². The molecule has 0 saturated heterocycles. The molecule has 1 aromatic carbocycles. The van der Waals surface area contributed by atoms with E-state index in [0.717, 1.165) is 40.9 Å². The Morgan fingerprint density at radius 2 is 1.50 bits per heavy atom. The number of hydrogen-bond acceptors (Lipinski definition) is 11. The molecule has 2 aromatic rings. The largest absolute Gasteiger partial charge is 0.501 e. The zero-order valence-electron chi connectivity index (χ0n) is 17.5. The van der Waals surface area contributed by atoms with Gasteiger partial charge in [0.15, 0.2) is 4.34 Å². The van der Waals surface area contributed by atoms with Gasteiger partial charge in [-0.1, -0.05) is 43.7 Å². The van der Waals surface area contributed by atoms with Gasteiger partial charge in [-0.25, -0.2) is 4.98 Å². The number of benzene rings is 1. The highest BCUT2D eigenvalue weighted by molar-refractivity contribution is 9.41. The van der Waals surface area contributed by atoms with Crippen molar-refractivity contribution in [2.24, 2.45) is 0 Å². The van der Waals surface area contributed by atoms with Crippen LogP contribution in [0.25, 0.3) is 10.2 Å². The maximum Gasteiger partial charge on any atom is 0.501 e. The van der Waals surface area contributed by atoms with Crippen LogP contribution in [0.1, 0.15) is 40.0 Å². The number of thiazole rings is 1. The summed E-state index contributed by atoms with van der Waals surface area (Å²) >= 11 is 1.75. The summed E-state index contributed by atoms with van der Waals surface area (Å²) in [5, 5.41) is 0. The van der Waals surface area contributed by atoms with Crippen LogP contribution in [0.2, 0.25) is 6.04 Å². The predicted molar refractivity (Wildman–Crippen MR) is 148 cm³/mol. The third-order valence-corrected chi connectivity index (χ3v) is 18.8. The Morgan fingerprint density at radius 1 is 0.867 bits per heavy atom. The van der Waals surface area contributed by atoms with Crippen LogP contribution in [0, 0.1) is 0 Å². The van der Waals surface area contributed by atoms with Crippen LogP contribution in [-0.2, 0) is 13.3 Å². The quantitative estimate of drug-likeness (QED) is 0.100. The van der Waals surface area contributed by atoms with Gasteiger partial charge in [0.05, 0.1) is 10.2 Å². The smallest absolute Gasteiger partial charge is 0.373 e. The van der Waals surface area contributed by atoms with Crippen molar-refractivity contribution in [3.8, 4) is 0 Å². The molecule has 0 amide bonds. The number of fused-ring (bicyclic) bond motifs is 1. The molecule has 0 spiro atoms. The van der Waals surface area contributed by atoms with E-state index in [1.165, 1.54) is 4.70 Å². The highest BCUT2D eigenvalue weighted by Gasteiger charge is 2.40. The third-order valence-electron chi connectivity index (χ3n) is 3.58. The molecule has 0 aliphatic rings. The molecule has 12 heteroatoms. The van der Waals surface area contributed by atoms with Crippen molar-refractivity contribution in [3.63, 3.8) is 0 Å². The van der Waals surface area contributed by atoms with Crippen molar-refractivity contribution >= 4 is 91.2 Å². The Morgan fingerprint density at radius 3 is 2.13 bits per heavy atom. The molecule has 1 aromatic heterocycles. The van der Waals surface area contributed by atoms with Gasteiger partial charge in [-0.3, -0.25) is 0 Å². The molecule has 1 heterocycles. The van der Waals surface area contributed by atoms with Gasteiger partial charge in [0.2, 0.25) is 0 Å². The SMILES string of the molecule is CCCO[Si](CCSSSSSSc1nc2ccccc2s1)(OCCC)OCCC. The zero-order chi connectivity index (χ0) is 21.5. The van der Waals surface area contributed by atoms with E-state index in [-0.39, 0.29) is 0 Å². The van der Waals surface area contributed by atoms with Crippen LogP contribution in [0.15, 0.2) is 28.6 Å². The Bertz CT molecular complexity index is 654. The van der Waals surface area contributed by atoms with Gasteiger partial charge in [-0.15, -0.1) is 11.3 Å². The second-order valence-corrected chi connectivity index (χ2v) is 19.6. The Hall–Kier alpha value is 1.31.